The van der Waals surface area contributed by atoms with Gasteiger partial charge in [-0.05, 0) is 80.9 Å². The lowest BCUT2D eigenvalue weighted by molar-refractivity contribution is 0.213. The van der Waals surface area contributed by atoms with Crippen molar-refractivity contribution < 1.29 is 12.8 Å². The van der Waals surface area contributed by atoms with Gasteiger partial charge in [0.2, 0.25) is 26.6 Å². The summed E-state index contributed by atoms with van der Waals surface area (Å²) in [7, 11) is -4.00. The highest BCUT2D eigenvalue weighted by Crippen LogP contribution is 2.35. The van der Waals surface area contributed by atoms with E-state index in [1.807, 2.05) is 55.5 Å². The molecular weight excluding hydrogens is 553 g/mol. The first-order valence-electron chi connectivity index (χ1n) is 13.1. The molecule has 204 valence electrons. The second-order valence-electron chi connectivity index (χ2n) is 9.85. The lowest BCUT2D eigenvalue weighted by atomic mass is 10.0. The third kappa shape index (κ3) is 6.33. The van der Waals surface area contributed by atoms with Crippen LogP contribution in [-0.4, -0.2) is 37.9 Å². The molecule has 1 aliphatic rings. The number of rotatable bonds is 8. The molecule has 0 aliphatic carbocycles. The Hall–Kier alpha value is -2.84. The lowest BCUT2D eigenvalue weighted by Gasteiger charge is -2.31. The molecule has 1 atom stereocenters. The molecule has 1 aromatic heterocycles. The zero-order valence-electron chi connectivity index (χ0n) is 21.7. The van der Waals surface area contributed by atoms with E-state index in [0.717, 1.165) is 37.1 Å². The van der Waals surface area contributed by atoms with Gasteiger partial charge < -0.3 is 9.73 Å². The van der Waals surface area contributed by atoms with Crippen LogP contribution in [0.15, 0.2) is 87.1 Å². The van der Waals surface area contributed by atoms with Gasteiger partial charge in [-0.1, -0.05) is 71.9 Å². The molecule has 1 fully saturated rings. The van der Waals surface area contributed by atoms with Crippen LogP contribution in [0, 0.1) is 6.92 Å². The largest absolute Gasteiger partial charge is 0.419 e. The van der Waals surface area contributed by atoms with Crippen LogP contribution >= 0.6 is 23.2 Å². The van der Waals surface area contributed by atoms with Crippen LogP contribution in [-0.2, 0) is 9.84 Å². The normalized spacial score (nSPS) is 15.6. The first-order valence-corrected chi connectivity index (χ1v) is 15.4. The molecule has 9 heteroatoms. The van der Waals surface area contributed by atoms with Crippen molar-refractivity contribution in [3.63, 3.8) is 0 Å². The molecule has 1 N–H and O–H groups in total. The molecule has 0 radical (unpaired) electrons. The van der Waals surface area contributed by atoms with Gasteiger partial charge in [0.1, 0.15) is 0 Å². The third-order valence-electron chi connectivity index (χ3n) is 7.07. The summed E-state index contributed by atoms with van der Waals surface area (Å²) in [6, 6.07) is 21.4. The Morgan fingerprint density at radius 3 is 2.26 bits per heavy atom. The van der Waals surface area contributed by atoms with Gasteiger partial charge in [0.15, 0.2) is 0 Å². The number of anilines is 1. The highest BCUT2D eigenvalue weighted by Gasteiger charge is 2.30. The number of hydrogen-bond donors (Lipinski definition) is 1. The minimum absolute atomic E-state index is 0.0733. The number of oxazole rings is 1. The molecule has 0 saturated carbocycles. The Morgan fingerprint density at radius 2 is 1.59 bits per heavy atom. The lowest BCUT2D eigenvalue weighted by Crippen LogP contribution is -2.34. The van der Waals surface area contributed by atoms with E-state index in [4.69, 9.17) is 27.6 Å². The van der Waals surface area contributed by atoms with Gasteiger partial charge in [-0.25, -0.2) is 8.42 Å². The van der Waals surface area contributed by atoms with E-state index in [1.165, 1.54) is 25.0 Å². The van der Waals surface area contributed by atoms with Crippen molar-refractivity contribution in [2.75, 3.05) is 25.0 Å². The highest BCUT2D eigenvalue weighted by atomic mass is 35.5. The van der Waals surface area contributed by atoms with Crippen LogP contribution in [0.1, 0.15) is 42.9 Å². The maximum absolute atomic E-state index is 13.7. The Balaban J connectivity index is 1.53. The maximum atomic E-state index is 13.7. The first-order chi connectivity index (χ1) is 18.8. The molecule has 2 heterocycles. The summed E-state index contributed by atoms with van der Waals surface area (Å²) in [6.45, 7) is 4.27. The quantitative estimate of drug-likeness (QED) is 0.228. The van der Waals surface area contributed by atoms with Crippen molar-refractivity contribution in [3.8, 4) is 11.5 Å². The summed E-state index contributed by atoms with van der Waals surface area (Å²) >= 11 is 12.7. The second kappa shape index (κ2) is 12.1. The second-order valence-corrected chi connectivity index (χ2v) is 12.6. The van der Waals surface area contributed by atoms with E-state index in [2.05, 4.69) is 15.2 Å². The van der Waals surface area contributed by atoms with Crippen molar-refractivity contribution in [1.82, 2.24) is 9.88 Å². The van der Waals surface area contributed by atoms with Crippen LogP contribution in [0.2, 0.25) is 10.0 Å². The summed E-state index contributed by atoms with van der Waals surface area (Å²) in [4.78, 5) is 7.00. The fourth-order valence-corrected chi connectivity index (χ4v) is 6.59. The van der Waals surface area contributed by atoms with Crippen molar-refractivity contribution in [2.45, 2.75) is 48.6 Å². The van der Waals surface area contributed by atoms with Gasteiger partial charge in [0.05, 0.1) is 10.9 Å². The Bertz CT molecular complexity index is 1510. The molecule has 5 rings (SSSR count). The van der Waals surface area contributed by atoms with Crippen LogP contribution in [0.3, 0.4) is 0 Å². The SMILES string of the molecule is Cc1ccc(-c2nc(S(=O)(=O)c3ccc(Cl)cc3)c(NCC(c3ccccc3Cl)N3CCCCCC3)o2)cc1. The van der Waals surface area contributed by atoms with E-state index in [0.29, 0.717) is 22.2 Å². The molecule has 0 spiro atoms. The van der Waals surface area contributed by atoms with E-state index in [1.54, 1.807) is 12.1 Å². The number of aromatic nitrogens is 1. The predicted molar refractivity (Wildman–Crippen MR) is 156 cm³/mol. The smallest absolute Gasteiger partial charge is 0.233 e. The fourth-order valence-electron chi connectivity index (χ4n) is 4.92. The van der Waals surface area contributed by atoms with Crippen LogP contribution in [0.25, 0.3) is 11.5 Å². The van der Waals surface area contributed by atoms with Gasteiger partial charge in [-0.3, -0.25) is 4.90 Å². The van der Waals surface area contributed by atoms with Gasteiger partial charge in [-0.2, -0.15) is 4.98 Å². The molecule has 0 amide bonds. The topological polar surface area (TPSA) is 75.4 Å². The van der Waals surface area contributed by atoms with Gasteiger partial charge in [-0.15, -0.1) is 0 Å². The molecule has 3 aromatic carbocycles. The van der Waals surface area contributed by atoms with Gasteiger partial charge >= 0.3 is 0 Å². The molecule has 1 saturated heterocycles. The van der Waals surface area contributed by atoms with Gasteiger partial charge in [0.25, 0.3) is 0 Å². The molecule has 39 heavy (non-hydrogen) atoms. The summed E-state index contributed by atoms with van der Waals surface area (Å²) in [5, 5.41) is 4.29. The Labute approximate surface area is 239 Å². The molecule has 1 aliphatic heterocycles. The highest BCUT2D eigenvalue weighted by molar-refractivity contribution is 7.91. The summed E-state index contributed by atoms with van der Waals surface area (Å²) < 4.78 is 33.6. The number of aryl methyl sites for hydroxylation is 1. The predicted octanol–water partition coefficient (Wildman–Crippen LogP) is 7.82. The van der Waals surface area contributed by atoms with E-state index < -0.39 is 9.84 Å². The molecule has 1 unspecified atom stereocenters. The molecular formula is C30H31Cl2N3O3S. The maximum Gasteiger partial charge on any atom is 0.233 e. The minimum Gasteiger partial charge on any atom is -0.419 e. The van der Waals surface area contributed by atoms with E-state index in [9.17, 15) is 8.42 Å². The Morgan fingerprint density at radius 1 is 0.923 bits per heavy atom. The number of likely N-dealkylation sites (tertiary alicyclic amines) is 1. The van der Waals surface area contributed by atoms with Crippen molar-refractivity contribution >= 4 is 38.9 Å². The molecule has 6 nitrogen and oxygen atoms in total. The first kappa shape index (κ1) is 27.7. The van der Waals surface area contributed by atoms with Crippen molar-refractivity contribution in [3.05, 3.63) is 94.0 Å². The third-order valence-corrected chi connectivity index (χ3v) is 9.35. The van der Waals surface area contributed by atoms with Crippen LogP contribution < -0.4 is 5.32 Å². The van der Waals surface area contributed by atoms with Gasteiger partial charge in [0, 0.05) is 22.2 Å². The zero-order chi connectivity index (χ0) is 27.4. The summed E-state index contributed by atoms with van der Waals surface area (Å²) in [6.07, 6.45) is 4.61. The summed E-state index contributed by atoms with van der Waals surface area (Å²) in [5.74, 6) is 0.335. The summed E-state index contributed by atoms with van der Waals surface area (Å²) in [5.41, 5.74) is 2.77. The number of nitrogens with zero attached hydrogens (tertiary/aromatic N) is 2. The average molecular weight is 585 g/mol. The Kier molecular flexibility index (Phi) is 8.62. The molecule has 0 bridgehead atoms. The fraction of sp³-hybridized carbons (Fsp3) is 0.300. The number of benzene rings is 3. The number of sulfone groups is 1. The van der Waals surface area contributed by atoms with Crippen LogP contribution in [0.5, 0.6) is 0 Å². The van der Waals surface area contributed by atoms with Crippen molar-refractivity contribution in [2.24, 2.45) is 0 Å². The number of halogens is 2. The zero-order valence-corrected chi connectivity index (χ0v) is 24.1. The molecule has 4 aromatic rings. The minimum atomic E-state index is -4.00. The monoisotopic (exact) mass is 583 g/mol. The van der Waals surface area contributed by atoms with E-state index >= 15 is 0 Å². The average Bonchev–Trinajstić information content (AvgIpc) is 3.18. The van der Waals surface area contributed by atoms with Crippen molar-refractivity contribution in [1.29, 1.82) is 0 Å². The number of nitrogens with one attached hydrogen (secondary N) is 1. The van der Waals surface area contributed by atoms with Crippen LogP contribution in [0.4, 0.5) is 5.88 Å². The number of hydrogen-bond acceptors (Lipinski definition) is 6. The standard InChI is InChI=1S/C30H31Cl2N3O3S/c1-21-10-12-22(13-11-21)28-34-30(39(36,37)24-16-14-23(31)15-17-24)29(38-28)33-20-27(25-8-4-5-9-26(25)32)35-18-6-2-3-7-19-35/h4-5,8-17,27,33H,2-3,6-7,18-20H2,1H3. The van der Waals surface area contributed by atoms with E-state index in [-0.39, 0.29) is 27.7 Å².